The van der Waals surface area contributed by atoms with Gasteiger partial charge < -0.3 is 14.5 Å². The summed E-state index contributed by atoms with van der Waals surface area (Å²) in [6.07, 6.45) is -4.74. The number of rotatable bonds is 5. The molecule has 0 bridgehead atoms. The highest BCUT2D eigenvalue weighted by atomic mass is 19.4. The quantitative estimate of drug-likeness (QED) is 0.497. The van der Waals surface area contributed by atoms with E-state index >= 15 is 0 Å². The number of H-pyrrole nitrogens is 1. The second-order valence-electron chi connectivity index (χ2n) is 6.40. The lowest BCUT2D eigenvalue weighted by molar-refractivity contribution is -0.274. The summed E-state index contributed by atoms with van der Waals surface area (Å²) in [4.78, 5) is 19.7. The van der Waals surface area contributed by atoms with Crippen LogP contribution in [0.3, 0.4) is 0 Å². The number of aromatic amines is 1. The monoisotopic (exact) mass is 412 g/mol. The molecule has 8 heteroatoms. The molecule has 0 aliphatic heterocycles. The van der Waals surface area contributed by atoms with E-state index in [1.807, 2.05) is 24.3 Å². The van der Waals surface area contributed by atoms with Gasteiger partial charge in [0.05, 0.1) is 10.9 Å². The minimum absolute atomic E-state index is 0.131. The van der Waals surface area contributed by atoms with Gasteiger partial charge in [-0.2, -0.15) is 0 Å². The zero-order valence-electron chi connectivity index (χ0n) is 15.4. The maximum atomic E-state index is 12.4. The number of para-hydroxylation sites is 1. The molecular formula is C22H15F3N2O3. The zero-order chi connectivity index (χ0) is 21.1. The van der Waals surface area contributed by atoms with Gasteiger partial charge in [-0.05, 0) is 36.4 Å². The van der Waals surface area contributed by atoms with Crippen LogP contribution >= 0.6 is 0 Å². The number of aromatic nitrogens is 2. The molecule has 0 atom stereocenters. The smallest absolute Gasteiger partial charge is 0.489 e. The first kappa shape index (κ1) is 19.5. The van der Waals surface area contributed by atoms with Crippen molar-refractivity contribution in [1.82, 2.24) is 9.97 Å². The molecule has 0 radical (unpaired) electrons. The van der Waals surface area contributed by atoms with Crippen molar-refractivity contribution in [1.29, 1.82) is 0 Å². The number of benzene rings is 3. The van der Waals surface area contributed by atoms with Gasteiger partial charge in [-0.1, -0.05) is 36.4 Å². The lowest BCUT2D eigenvalue weighted by Gasteiger charge is -2.12. The maximum Gasteiger partial charge on any atom is 0.573 e. The van der Waals surface area contributed by atoms with E-state index in [1.165, 1.54) is 24.3 Å². The largest absolute Gasteiger partial charge is 0.573 e. The Bertz CT molecular complexity index is 1230. The number of fused-ring (bicyclic) bond motifs is 1. The van der Waals surface area contributed by atoms with Crippen LogP contribution in [0.15, 0.2) is 77.6 Å². The Morgan fingerprint density at radius 1 is 0.867 bits per heavy atom. The molecule has 0 unspecified atom stereocenters. The van der Waals surface area contributed by atoms with Crippen LogP contribution in [-0.2, 0) is 6.61 Å². The highest BCUT2D eigenvalue weighted by molar-refractivity contribution is 5.79. The molecule has 4 aromatic rings. The van der Waals surface area contributed by atoms with Crippen molar-refractivity contribution in [2.75, 3.05) is 0 Å². The summed E-state index contributed by atoms with van der Waals surface area (Å²) in [5, 5.41) is 0.496. The molecule has 0 amide bonds. The summed E-state index contributed by atoms with van der Waals surface area (Å²) in [6, 6.07) is 19.4. The van der Waals surface area contributed by atoms with E-state index in [0.29, 0.717) is 28.0 Å². The molecule has 0 spiro atoms. The van der Waals surface area contributed by atoms with Crippen LogP contribution in [0.1, 0.15) is 5.56 Å². The number of hydrogen-bond acceptors (Lipinski definition) is 4. The first-order valence-electron chi connectivity index (χ1n) is 8.95. The lowest BCUT2D eigenvalue weighted by atomic mass is 10.1. The maximum absolute atomic E-state index is 12.4. The van der Waals surface area contributed by atoms with Gasteiger partial charge in [-0.3, -0.25) is 4.79 Å². The van der Waals surface area contributed by atoms with Crippen LogP contribution in [0.5, 0.6) is 11.5 Å². The summed E-state index contributed by atoms with van der Waals surface area (Å²) in [6.45, 7) is 0.131. The summed E-state index contributed by atoms with van der Waals surface area (Å²) in [5.74, 6) is 0.458. The summed E-state index contributed by atoms with van der Waals surface area (Å²) in [7, 11) is 0. The Morgan fingerprint density at radius 3 is 2.30 bits per heavy atom. The van der Waals surface area contributed by atoms with Gasteiger partial charge in [0.15, 0.2) is 0 Å². The van der Waals surface area contributed by atoms with Crippen LogP contribution in [0.25, 0.3) is 22.3 Å². The van der Waals surface area contributed by atoms with Gasteiger partial charge in [0.25, 0.3) is 5.56 Å². The fraction of sp³-hybridized carbons (Fsp3) is 0.0909. The Balaban J connectivity index is 1.57. The van der Waals surface area contributed by atoms with Gasteiger partial charge in [0.1, 0.15) is 23.9 Å². The second-order valence-corrected chi connectivity index (χ2v) is 6.40. The standard InChI is InChI=1S/C22H15F3N2O3/c23-22(24,25)30-16-11-9-15(10-12-16)29-13-14-5-1-2-6-17(14)20-26-19-8-4-3-7-18(19)21(28)27-20/h1-12H,13H2,(H,26,27,28). The number of nitrogens with zero attached hydrogens (tertiary/aromatic N) is 1. The van der Waals surface area contributed by atoms with Crippen LogP contribution in [0, 0.1) is 0 Å². The van der Waals surface area contributed by atoms with E-state index in [0.717, 1.165) is 5.56 Å². The number of halogens is 3. The molecule has 0 saturated heterocycles. The van der Waals surface area contributed by atoms with E-state index in [-0.39, 0.29) is 17.9 Å². The van der Waals surface area contributed by atoms with E-state index in [1.54, 1.807) is 24.3 Å². The molecule has 0 aliphatic carbocycles. The molecule has 1 aromatic heterocycles. The Hall–Kier alpha value is -3.81. The molecule has 3 aromatic carbocycles. The topological polar surface area (TPSA) is 64.2 Å². The summed E-state index contributed by atoms with van der Waals surface area (Å²) < 4.78 is 46.3. The van der Waals surface area contributed by atoms with Crippen molar-refractivity contribution < 1.29 is 22.6 Å². The van der Waals surface area contributed by atoms with Crippen molar-refractivity contribution in [2.45, 2.75) is 13.0 Å². The highest BCUT2D eigenvalue weighted by Gasteiger charge is 2.30. The van der Waals surface area contributed by atoms with E-state index in [4.69, 9.17) is 4.74 Å². The third kappa shape index (κ3) is 4.43. The summed E-state index contributed by atoms with van der Waals surface area (Å²) in [5.41, 5.74) is 1.78. The second kappa shape index (κ2) is 7.90. The third-order valence-corrected chi connectivity index (χ3v) is 4.34. The first-order valence-corrected chi connectivity index (χ1v) is 8.95. The summed E-state index contributed by atoms with van der Waals surface area (Å²) >= 11 is 0. The average molecular weight is 412 g/mol. The van der Waals surface area contributed by atoms with E-state index in [9.17, 15) is 18.0 Å². The Morgan fingerprint density at radius 2 is 1.53 bits per heavy atom. The SMILES string of the molecule is O=c1[nH]c(-c2ccccc2COc2ccc(OC(F)(F)F)cc2)nc2ccccc12. The highest BCUT2D eigenvalue weighted by Crippen LogP contribution is 2.26. The number of ether oxygens (including phenoxy) is 2. The van der Waals surface area contributed by atoms with Crippen LogP contribution < -0.4 is 15.0 Å². The zero-order valence-corrected chi connectivity index (χ0v) is 15.4. The molecule has 0 aliphatic rings. The van der Waals surface area contributed by atoms with Crippen molar-refractivity contribution in [3.05, 3.63) is 88.7 Å². The van der Waals surface area contributed by atoms with Crippen molar-refractivity contribution in [3.63, 3.8) is 0 Å². The number of nitrogens with one attached hydrogen (secondary N) is 1. The fourth-order valence-corrected chi connectivity index (χ4v) is 2.99. The molecule has 0 saturated carbocycles. The molecule has 4 rings (SSSR count). The van der Waals surface area contributed by atoms with Gasteiger partial charge in [-0.25, -0.2) is 4.98 Å². The number of hydrogen-bond donors (Lipinski definition) is 1. The van der Waals surface area contributed by atoms with Crippen molar-refractivity contribution in [3.8, 4) is 22.9 Å². The Labute approximate surface area is 168 Å². The van der Waals surface area contributed by atoms with Crippen LogP contribution in [0.2, 0.25) is 0 Å². The minimum Gasteiger partial charge on any atom is -0.489 e. The molecule has 5 nitrogen and oxygen atoms in total. The van der Waals surface area contributed by atoms with Gasteiger partial charge in [0.2, 0.25) is 0 Å². The fourth-order valence-electron chi connectivity index (χ4n) is 2.99. The van der Waals surface area contributed by atoms with Crippen LogP contribution in [0.4, 0.5) is 13.2 Å². The molecule has 30 heavy (non-hydrogen) atoms. The normalized spacial score (nSPS) is 11.4. The van der Waals surface area contributed by atoms with Crippen molar-refractivity contribution in [2.24, 2.45) is 0 Å². The van der Waals surface area contributed by atoms with Crippen molar-refractivity contribution >= 4 is 10.9 Å². The van der Waals surface area contributed by atoms with E-state index < -0.39 is 6.36 Å². The third-order valence-electron chi connectivity index (χ3n) is 4.34. The molecular weight excluding hydrogens is 397 g/mol. The van der Waals surface area contributed by atoms with Gasteiger partial charge >= 0.3 is 6.36 Å². The van der Waals surface area contributed by atoms with Gasteiger partial charge in [0, 0.05) is 11.1 Å². The Kier molecular flexibility index (Phi) is 5.14. The molecule has 1 heterocycles. The predicted octanol–water partition coefficient (Wildman–Crippen LogP) is 5.07. The minimum atomic E-state index is -4.74. The molecule has 0 fully saturated rings. The average Bonchev–Trinajstić information content (AvgIpc) is 2.72. The molecule has 1 N–H and O–H groups in total. The number of alkyl halides is 3. The lowest BCUT2D eigenvalue weighted by Crippen LogP contribution is -2.16. The van der Waals surface area contributed by atoms with Crippen LogP contribution in [-0.4, -0.2) is 16.3 Å². The predicted molar refractivity (Wildman–Crippen MR) is 105 cm³/mol. The van der Waals surface area contributed by atoms with E-state index in [2.05, 4.69) is 14.7 Å². The van der Waals surface area contributed by atoms with Gasteiger partial charge in [-0.15, -0.1) is 13.2 Å². The molecule has 152 valence electrons. The first-order chi connectivity index (χ1) is 14.4.